The molecule has 1 saturated heterocycles. The molecule has 0 saturated carbocycles. The van der Waals surface area contributed by atoms with Crippen molar-refractivity contribution in [1.29, 1.82) is 0 Å². The molecule has 1 aliphatic rings. The van der Waals surface area contributed by atoms with Gasteiger partial charge in [0.2, 0.25) is 0 Å². The molecule has 1 rings (SSSR count). The van der Waals surface area contributed by atoms with Crippen LogP contribution in [0.5, 0.6) is 0 Å². The molecule has 1 aliphatic heterocycles. The molecule has 0 amide bonds. The molecule has 2 unspecified atom stereocenters. The Balaban J connectivity index is 2.51. The molecular weight excluding hydrogens is 265 g/mol. The number of carboxylic acid groups (broad SMARTS) is 1. The molecule has 1 fully saturated rings. The van der Waals surface area contributed by atoms with E-state index in [1.54, 1.807) is 4.90 Å². The standard InChI is InChI=1S/C11H19F3N2O3/c12-11(13,14)7-15-9-3-8(1-2-17)4-16(5-9)6-10(18)19/h8-9,15,17H,1-7H2,(H,18,19). The Morgan fingerprint density at radius 2 is 2.05 bits per heavy atom. The van der Waals surface area contributed by atoms with Gasteiger partial charge in [-0.25, -0.2) is 0 Å². The average Bonchev–Trinajstić information content (AvgIpc) is 2.24. The molecular formula is C11H19F3N2O3. The summed E-state index contributed by atoms with van der Waals surface area (Å²) in [6.45, 7) is -0.532. The number of rotatable bonds is 6. The van der Waals surface area contributed by atoms with Crippen molar-refractivity contribution in [3.05, 3.63) is 0 Å². The van der Waals surface area contributed by atoms with E-state index in [4.69, 9.17) is 10.2 Å². The van der Waals surface area contributed by atoms with E-state index >= 15 is 0 Å². The van der Waals surface area contributed by atoms with Gasteiger partial charge in [0.15, 0.2) is 0 Å². The van der Waals surface area contributed by atoms with E-state index in [0.717, 1.165) is 0 Å². The molecule has 112 valence electrons. The maximum absolute atomic E-state index is 12.2. The van der Waals surface area contributed by atoms with E-state index in [1.807, 2.05) is 0 Å². The molecule has 0 aromatic heterocycles. The van der Waals surface area contributed by atoms with Gasteiger partial charge < -0.3 is 15.5 Å². The zero-order valence-electron chi connectivity index (χ0n) is 10.5. The fourth-order valence-corrected chi connectivity index (χ4v) is 2.42. The SMILES string of the molecule is O=C(O)CN1CC(CCO)CC(NCC(F)(F)F)C1. The Hall–Kier alpha value is -0.860. The normalized spacial score (nSPS) is 25.5. The van der Waals surface area contributed by atoms with Crippen LogP contribution < -0.4 is 5.32 Å². The number of hydrogen-bond acceptors (Lipinski definition) is 4. The van der Waals surface area contributed by atoms with E-state index in [2.05, 4.69) is 5.32 Å². The lowest BCUT2D eigenvalue weighted by atomic mass is 9.91. The minimum Gasteiger partial charge on any atom is -0.480 e. The number of halogens is 3. The maximum atomic E-state index is 12.2. The molecule has 0 aromatic rings. The summed E-state index contributed by atoms with van der Waals surface area (Å²) in [5, 5.41) is 20.0. The number of aliphatic hydroxyl groups excluding tert-OH is 1. The summed E-state index contributed by atoms with van der Waals surface area (Å²) in [6, 6.07) is -0.397. The van der Waals surface area contributed by atoms with Crippen molar-refractivity contribution < 1.29 is 28.2 Å². The first kappa shape index (κ1) is 16.2. The van der Waals surface area contributed by atoms with Gasteiger partial charge in [-0.1, -0.05) is 0 Å². The van der Waals surface area contributed by atoms with Crippen molar-refractivity contribution in [3.63, 3.8) is 0 Å². The summed E-state index contributed by atoms with van der Waals surface area (Å²) >= 11 is 0. The topological polar surface area (TPSA) is 72.8 Å². The smallest absolute Gasteiger partial charge is 0.401 e. The van der Waals surface area contributed by atoms with Crippen LogP contribution in [-0.4, -0.2) is 66.1 Å². The van der Waals surface area contributed by atoms with E-state index < -0.39 is 24.7 Å². The Kier molecular flexibility index (Phi) is 6.02. The maximum Gasteiger partial charge on any atom is 0.401 e. The second-order valence-corrected chi connectivity index (χ2v) is 4.89. The molecule has 0 radical (unpaired) electrons. The number of likely N-dealkylation sites (tertiary alicyclic amines) is 1. The molecule has 0 spiro atoms. The first-order valence-corrected chi connectivity index (χ1v) is 6.15. The van der Waals surface area contributed by atoms with Crippen molar-refractivity contribution in [2.75, 3.05) is 32.8 Å². The van der Waals surface area contributed by atoms with Gasteiger partial charge in [-0.2, -0.15) is 13.2 Å². The van der Waals surface area contributed by atoms with Gasteiger partial charge in [0.1, 0.15) is 0 Å². The van der Waals surface area contributed by atoms with Crippen LogP contribution in [0.15, 0.2) is 0 Å². The van der Waals surface area contributed by atoms with Crippen LogP contribution in [0.4, 0.5) is 13.2 Å². The third-order valence-corrected chi connectivity index (χ3v) is 3.10. The van der Waals surface area contributed by atoms with Crippen LogP contribution in [0.2, 0.25) is 0 Å². The molecule has 2 atom stereocenters. The highest BCUT2D eigenvalue weighted by molar-refractivity contribution is 5.69. The van der Waals surface area contributed by atoms with Crippen LogP contribution in [0.25, 0.3) is 0 Å². The highest BCUT2D eigenvalue weighted by atomic mass is 19.4. The first-order chi connectivity index (χ1) is 8.80. The zero-order valence-corrected chi connectivity index (χ0v) is 10.5. The second-order valence-electron chi connectivity index (χ2n) is 4.89. The van der Waals surface area contributed by atoms with Gasteiger partial charge in [-0.15, -0.1) is 0 Å². The van der Waals surface area contributed by atoms with Gasteiger partial charge in [-0.05, 0) is 18.8 Å². The predicted octanol–water partition coefficient (Wildman–Crippen LogP) is 0.296. The van der Waals surface area contributed by atoms with Crippen LogP contribution in [0.1, 0.15) is 12.8 Å². The molecule has 19 heavy (non-hydrogen) atoms. The third-order valence-electron chi connectivity index (χ3n) is 3.10. The van der Waals surface area contributed by atoms with Gasteiger partial charge in [-0.3, -0.25) is 9.69 Å². The molecule has 8 heteroatoms. The second kappa shape index (κ2) is 7.06. The summed E-state index contributed by atoms with van der Waals surface area (Å²) in [5.74, 6) is -0.983. The monoisotopic (exact) mass is 284 g/mol. The minimum absolute atomic E-state index is 0.0174. The summed E-state index contributed by atoms with van der Waals surface area (Å²) in [7, 11) is 0. The Labute approximate surface area is 109 Å². The molecule has 0 aliphatic carbocycles. The number of aliphatic carboxylic acids is 1. The lowest BCUT2D eigenvalue weighted by Crippen LogP contribution is -2.52. The van der Waals surface area contributed by atoms with Crippen LogP contribution in [0.3, 0.4) is 0 Å². The number of hydrogen-bond donors (Lipinski definition) is 3. The van der Waals surface area contributed by atoms with Crippen LogP contribution in [0, 0.1) is 5.92 Å². The average molecular weight is 284 g/mol. The van der Waals surface area contributed by atoms with Crippen LogP contribution in [-0.2, 0) is 4.79 Å². The van der Waals surface area contributed by atoms with Crippen molar-refractivity contribution >= 4 is 5.97 Å². The number of piperidine rings is 1. The summed E-state index contributed by atoms with van der Waals surface area (Å²) in [4.78, 5) is 12.3. The number of carboxylic acids is 1. The fourth-order valence-electron chi connectivity index (χ4n) is 2.42. The largest absolute Gasteiger partial charge is 0.480 e. The van der Waals surface area contributed by atoms with Crippen molar-refractivity contribution in [2.24, 2.45) is 5.92 Å². The predicted molar refractivity (Wildman–Crippen MR) is 61.7 cm³/mol. The minimum atomic E-state index is -4.28. The molecule has 3 N–H and O–H groups in total. The summed E-state index contributed by atoms with van der Waals surface area (Å²) < 4.78 is 36.5. The molecule has 0 bridgehead atoms. The first-order valence-electron chi connectivity index (χ1n) is 6.15. The number of aliphatic hydroxyl groups is 1. The Morgan fingerprint density at radius 1 is 1.37 bits per heavy atom. The Bertz CT molecular complexity index is 299. The van der Waals surface area contributed by atoms with Crippen molar-refractivity contribution in [2.45, 2.75) is 25.1 Å². The Morgan fingerprint density at radius 3 is 2.58 bits per heavy atom. The summed E-state index contributed by atoms with van der Waals surface area (Å²) in [5.41, 5.74) is 0. The lowest BCUT2D eigenvalue weighted by Gasteiger charge is -2.37. The highest BCUT2D eigenvalue weighted by Gasteiger charge is 2.32. The highest BCUT2D eigenvalue weighted by Crippen LogP contribution is 2.21. The van der Waals surface area contributed by atoms with E-state index in [1.165, 1.54) is 0 Å². The molecule has 5 nitrogen and oxygen atoms in total. The number of alkyl halides is 3. The number of carbonyl (C=O) groups is 1. The van der Waals surface area contributed by atoms with Gasteiger partial charge in [0.05, 0.1) is 13.1 Å². The number of nitrogens with zero attached hydrogens (tertiary/aromatic N) is 1. The quantitative estimate of drug-likeness (QED) is 0.654. The lowest BCUT2D eigenvalue weighted by molar-refractivity contribution is -0.139. The van der Waals surface area contributed by atoms with Crippen LogP contribution >= 0.6 is 0 Å². The van der Waals surface area contributed by atoms with Gasteiger partial charge in [0.25, 0.3) is 0 Å². The number of nitrogens with one attached hydrogen (secondary N) is 1. The fraction of sp³-hybridized carbons (Fsp3) is 0.909. The third kappa shape index (κ3) is 6.74. The van der Waals surface area contributed by atoms with Gasteiger partial charge in [0, 0.05) is 25.7 Å². The van der Waals surface area contributed by atoms with E-state index in [-0.39, 0.29) is 25.6 Å². The van der Waals surface area contributed by atoms with Crippen molar-refractivity contribution in [3.8, 4) is 0 Å². The summed E-state index contributed by atoms with van der Waals surface area (Å²) in [6.07, 6.45) is -3.28. The van der Waals surface area contributed by atoms with Gasteiger partial charge >= 0.3 is 12.1 Å². The van der Waals surface area contributed by atoms with E-state index in [0.29, 0.717) is 19.4 Å². The zero-order chi connectivity index (χ0) is 14.5. The molecule has 0 aromatic carbocycles. The van der Waals surface area contributed by atoms with E-state index in [9.17, 15) is 18.0 Å². The van der Waals surface area contributed by atoms with Crippen molar-refractivity contribution in [1.82, 2.24) is 10.2 Å². The molecule has 1 heterocycles.